The zero-order valence-corrected chi connectivity index (χ0v) is 49.1. The van der Waals surface area contributed by atoms with Gasteiger partial charge in [-0.1, -0.05) is 155 Å². The number of fused-ring (bicyclic) bond motifs is 7. The van der Waals surface area contributed by atoms with Crippen LogP contribution in [0.2, 0.25) is 0 Å². The second-order valence-corrected chi connectivity index (χ2v) is 24.0. The van der Waals surface area contributed by atoms with Gasteiger partial charge < -0.3 is 23.5 Å². The van der Waals surface area contributed by atoms with Crippen molar-refractivity contribution in [3.05, 3.63) is 211 Å². The molecule has 3 aromatic heterocycles. The Hall–Kier alpha value is -7.40. The molecule has 1 aliphatic heterocycles. The quantitative estimate of drug-likeness (QED) is 0.128. The Bertz CT molecular complexity index is 4030. The summed E-state index contributed by atoms with van der Waals surface area (Å²) in [4.78, 5) is 9.67. The van der Waals surface area contributed by atoms with Gasteiger partial charge in [-0.3, -0.25) is 0 Å². The number of ether oxygens (including phenoxy) is 1. The number of benzene rings is 8. The molecule has 0 atom stereocenters. The Morgan fingerprint density at radius 1 is 0.526 bits per heavy atom. The summed E-state index contributed by atoms with van der Waals surface area (Å²) in [6, 6.07) is 64.1. The van der Waals surface area contributed by atoms with Gasteiger partial charge in [0.15, 0.2) is 0 Å². The number of para-hydroxylation sites is 3. The van der Waals surface area contributed by atoms with E-state index in [9.17, 15) is 0 Å². The SMILES string of the molecule is CC(C)c1cc(C(C)C)c(-c2ccnc(-n3c4[c-]c(Oc5[c-]c(N6[CH-]N(c7cc(C(C)(C)C)cc(C(C)(C)C)c7)c7ccccc76)ccc5)ccc4c4cc(-c5ccc6c(c5)oc5ccccc56)ccc43)c2)c(C(C)C)c1.[Pt]. The Balaban J connectivity index is 0.00000645. The second-order valence-electron chi connectivity index (χ2n) is 24.0. The van der Waals surface area contributed by atoms with Crippen molar-refractivity contribution in [3.63, 3.8) is 0 Å². The molecule has 0 saturated carbocycles. The molecule has 4 heterocycles. The van der Waals surface area contributed by atoms with Crippen LogP contribution in [0.25, 0.3) is 71.8 Å². The molecular weight excluding hydrogens is 1140 g/mol. The molecule has 7 heteroatoms. The van der Waals surface area contributed by atoms with E-state index < -0.39 is 0 Å². The van der Waals surface area contributed by atoms with Gasteiger partial charge in [0, 0.05) is 72.1 Å². The van der Waals surface area contributed by atoms with Gasteiger partial charge in [0.1, 0.15) is 17.0 Å². The van der Waals surface area contributed by atoms with Gasteiger partial charge in [-0.25, -0.2) is 4.98 Å². The van der Waals surface area contributed by atoms with E-state index in [2.05, 4.69) is 244 Å². The summed E-state index contributed by atoms with van der Waals surface area (Å²) >= 11 is 0. The number of hydrogen-bond donors (Lipinski definition) is 0. The molecule has 0 aliphatic carbocycles. The molecule has 6 nitrogen and oxygen atoms in total. The smallest absolute Gasteiger partial charge is 0.136 e. The molecule has 0 fully saturated rings. The molecule has 78 heavy (non-hydrogen) atoms. The van der Waals surface area contributed by atoms with E-state index in [4.69, 9.17) is 14.1 Å². The summed E-state index contributed by atoms with van der Waals surface area (Å²) in [7, 11) is 0. The second kappa shape index (κ2) is 20.1. The van der Waals surface area contributed by atoms with Crippen LogP contribution in [0.1, 0.15) is 129 Å². The van der Waals surface area contributed by atoms with Crippen LogP contribution in [0.4, 0.5) is 22.7 Å². The Morgan fingerprint density at radius 3 is 1.85 bits per heavy atom. The largest absolute Gasteiger partial charge is 0.509 e. The number of furan rings is 1. The summed E-state index contributed by atoms with van der Waals surface area (Å²) in [6.45, 7) is 29.7. The molecule has 1 aliphatic rings. The topological polar surface area (TPSA) is 46.7 Å². The first-order chi connectivity index (χ1) is 36.9. The van der Waals surface area contributed by atoms with E-state index in [-0.39, 0.29) is 31.9 Å². The first-order valence-corrected chi connectivity index (χ1v) is 27.3. The standard InChI is InChI=1S/C71H67N4O2.Pt/c1-43(2)49-33-59(44(3)4)69(60(34-49)45(5)6)48-30-31-72-68(36-48)75-62-29-25-46(47-24-27-58-57-20-13-16-23-66(57)77-67(58)35-47)32-61(62)56-28-26-55(41-65(56)75)76-54-19-17-18-52(40-54)73-42-74(64-22-15-14-21-63(64)73)53-38-50(70(7,8)9)37-51(39-53)71(10,11)12;/h13-39,42-45H,1-12H3;/q-3;. The van der Waals surface area contributed by atoms with Crippen LogP contribution in [-0.2, 0) is 31.9 Å². The third kappa shape index (κ3) is 9.51. The molecule has 12 rings (SSSR count). The average molecular weight is 1200 g/mol. The monoisotopic (exact) mass is 1200 g/mol. The molecule has 11 aromatic rings. The van der Waals surface area contributed by atoms with Gasteiger partial charge in [-0.05, 0) is 145 Å². The van der Waals surface area contributed by atoms with Crippen molar-refractivity contribution in [1.29, 1.82) is 0 Å². The van der Waals surface area contributed by atoms with Gasteiger partial charge in [0.2, 0.25) is 0 Å². The van der Waals surface area contributed by atoms with Crippen LogP contribution in [-0.4, -0.2) is 9.55 Å². The maximum atomic E-state index is 6.84. The predicted octanol–water partition coefficient (Wildman–Crippen LogP) is 20.2. The first-order valence-electron chi connectivity index (χ1n) is 27.3. The molecule has 0 saturated heterocycles. The third-order valence-corrected chi connectivity index (χ3v) is 15.5. The van der Waals surface area contributed by atoms with E-state index in [0.717, 1.165) is 89.0 Å². The van der Waals surface area contributed by atoms with Crippen molar-refractivity contribution in [2.24, 2.45) is 0 Å². The summed E-state index contributed by atoms with van der Waals surface area (Å²) in [5.74, 6) is 3.06. The third-order valence-electron chi connectivity index (χ3n) is 15.5. The van der Waals surface area contributed by atoms with Crippen LogP contribution in [0.15, 0.2) is 168 Å². The van der Waals surface area contributed by atoms with Crippen molar-refractivity contribution in [2.75, 3.05) is 9.80 Å². The zero-order valence-electron chi connectivity index (χ0n) is 46.8. The molecule has 396 valence electrons. The van der Waals surface area contributed by atoms with Gasteiger partial charge >= 0.3 is 0 Å². The van der Waals surface area contributed by atoms with Crippen LogP contribution in [0.5, 0.6) is 11.5 Å². The number of hydrogen-bond acceptors (Lipinski definition) is 5. The van der Waals surface area contributed by atoms with Gasteiger partial charge in [-0.2, -0.15) is 12.1 Å². The number of pyridine rings is 1. The molecule has 0 spiro atoms. The average Bonchev–Trinajstić information content (AvgIpc) is 4.22. The van der Waals surface area contributed by atoms with Gasteiger partial charge in [0.05, 0.1) is 0 Å². The number of anilines is 4. The van der Waals surface area contributed by atoms with E-state index >= 15 is 0 Å². The van der Waals surface area contributed by atoms with Gasteiger partial charge in [0.25, 0.3) is 0 Å². The molecule has 0 bridgehead atoms. The van der Waals surface area contributed by atoms with Crippen LogP contribution in [0, 0.1) is 18.8 Å². The number of aromatic nitrogens is 2. The van der Waals surface area contributed by atoms with Crippen molar-refractivity contribution < 1.29 is 30.2 Å². The van der Waals surface area contributed by atoms with Crippen LogP contribution < -0.4 is 14.5 Å². The summed E-state index contributed by atoms with van der Waals surface area (Å²) < 4.78 is 15.5. The van der Waals surface area contributed by atoms with Crippen molar-refractivity contribution in [1.82, 2.24) is 9.55 Å². The minimum atomic E-state index is -0.0201. The first kappa shape index (κ1) is 52.6. The minimum Gasteiger partial charge on any atom is -0.509 e. The maximum absolute atomic E-state index is 6.84. The van der Waals surface area contributed by atoms with Crippen molar-refractivity contribution in [3.8, 4) is 39.6 Å². The Morgan fingerprint density at radius 2 is 1.15 bits per heavy atom. The minimum absolute atomic E-state index is 0. The fourth-order valence-corrected chi connectivity index (χ4v) is 11.2. The van der Waals surface area contributed by atoms with E-state index in [1.165, 1.54) is 33.4 Å². The van der Waals surface area contributed by atoms with E-state index in [0.29, 0.717) is 29.3 Å². The molecule has 8 aromatic carbocycles. The fourth-order valence-electron chi connectivity index (χ4n) is 11.2. The van der Waals surface area contributed by atoms with E-state index in [1.54, 1.807) is 0 Å². The normalized spacial score (nSPS) is 13.0. The predicted molar refractivity (Wildman–Crippen MR) is 322 cm³/mol. The summed E-state index contributed by atoms with van der Waals surface area (Å²) in [6.07, 6.45) is 1.96. The van der Waals surface area contributed by atoms with E-state index in [1.807, 2.05) is 36.5 Å². The molecule has 0 unspecified atom stereocenters. The Kier molecular flexibility index (Phi) is 13.6. The van der Waals surface area contributed by atoms with Gasteiger partial charge in [-0.15, -0.1) is 48.1 Å². The van der Waals surface area contributed by atoms with Crippen molar-refractivity contribution >= 4 is 66.5 Å². The maximum Gasteiger partial charge on any atom is 0.136 e. The fraction of sp³-hybridized carbons (Fsp3) is 0.239. The van der Waals surface area contributed by atoms with Crippen molar-refractivity contribution in [2.45, 2.75) is 112 Å². The number of rotatable bonds is 10. The number of nitrogens with zero attached hydrogens (tertiary/aromatic N) is 4. The molecule has 0 N–H and O–H groups in total. The molecule has 0 radical (unpaired) electrons. The summed E-state index contributed by atoms with van der Waals surface area (Å²) in [5.41, 5.74) is 19.1. The molecular formula is C71H67N4O2Pt-3. The zero-order chi connectivity index (χ0) is 53.7. The Labute approximate surface area is 475 Å². The van der Waals surface area contributed by atoms with Crippen LogP contribution >= 0.6 is 0 Å². The molecule has 0 amide bonds. The summed E-state index contributed by atoms with van der Waals surface area (Å²) in [5, 5.41) is 4.37. The van der Waals surface area contributed by atoms with Crippen LogP contribution in [0.3, 0.4) is 0 Å².